The number of hydrogen-bond donors (Lipinski definition) is 0. The summed E-state index contributed by atoms with van der Waals surface area (Å²) >= 11 is 1.63. The first kappa shape index (κ1) is 9.11. The monoisotopic (exact) mass is 253 g/mol. The van der Waals surface area contributed by atoms with Gasteiger partial charge in [0.1, 0.15) is 0 Å². The van der Waals surface area contributed by atoms with Crippen LogP contribution < -0.4 is 0 Å². The summed E-state index contributed by atoms with van der Waals surface area (Å²) in [6.07, 6.45) is 0. The first-order chi connectivity index (χ1) is 5.25. The molecule has 3 radical (unpaired) electrons. The third kappa shape index (κ3) is 2.22. The van der Waals surface area contributed by atoms with E-state index in [9.17, 15) is 0 Å². The van der Waals surface area contributed by atoms with Crippen LogP contribution >= 0.6 is 0 Å². The zero-order valence-corrected chi connectivity index (χ0v) is 9.95. The maximum absolute atomic E-state index is 2.30. The van der Waals surface area contributed by atoms with Crippen molar-refractivity contribution in [3.63, 3.8) is 0 Å². The second-order valence-electron chi connectivity index (χ2n) is 2.96. The summed E-state index contributed by atoms with van der Waals surface area (Å²) in [4.78, 5) is 0. The normalized spacial score (nSPS) is 13.0. The van der Waals surface area contributed by atoms with E-state index in [0.717, 1.165) is 5.92 Å². The fraction of sp³-hybridized carbons (Fsp3) is 0.400. The van der Waals surface area contributed by atoms with Crippen molar-refractivity contribution in [3.05, 3.63) is 35.4 Å². The number of benzene rings is 1. The average molecular weight is 252 g/mol. The van der Waals surface area contributed by atoms with E-state index in [2.05, 4.69) is 38.1 Å². The predicted molar refractivity (Wildman–Crippen MR) is 50.2 cm³/mol. The summed E-state index contributed by atoms with van der Waals surface area (Å²) in [5.74, 6) is 0.745. The molecule has 0 fully saturated rings. The van der Waals surface area contributed by atoms with Gasteiger partial charge in [0.05, 0.1) is 0 Å². The molecule has 1 rings (SSSR count). The Morgan fingerprint density at radius 3 is 2.55 bits per heavy atom. The van der Waals surface area contributed by atoms with Crippen LogP contribution in [0, 0.1) is 6.92 Å². The van der Waals surface area contributed by atoms with Crippen LogP contribution in [0.15, 0.2) is 24.3 Å². The Labute approximate surface area is 82.1 Å². The first-order valence-corrected chi connectivity index (χ1v) is 5.97. The van der Waals surface area contributed by atoms with Crippen LogP contribution in [-0.2, 0) is 0 Å². The Morgan fingerprint density at radius 1 is 1.36 bits per heavy atom. The van der Waals surface area contributed by atoms with Gasteiger partial charge >= 0.3 is 82.1 Å². The van der Waals surface area contributed by atoms with Gasteiger partial charge in [-0.2, -0.15) is 0 Å². The topological polar surface area (TPSA) is 0 Å². The van der Waals surface area contributed by atoms with E-state index in [1.807, 2.05) is 0 Å². The summed E-state index contributed by atoms with van der Waals surface area (Å²) in [5, 5.41) is 0. The third-order valence-electron chi connectivity index (χ3n) is 2.03. The van der Waals surface area contributed by atoms with Crippen LogP contribution in [0.25, 0.3) is 0 Å². The minimum absolute atomic E-state index is 0.745. The van der Waals surface area contributed by atoms with Gasteiger partial charge < -0.3 is 0 Å². The molecule has 0 bridgehead atoms. The Balaban J connectivity index is 2.93. The van der Waals surface area contributed by atoms with E-state index in [4.69, 9.17) is 0 Å². The van der Waals surface area contributed by atoms with Crippen molar-refractivity contribution in [3.8, 4) is 0 Å². The SMILES string of the molecule is Cc1ccccc1C(C)[CH2][Sn]. The third-order valence-corrected chi connectivity index (χ3v) is 3.77. The van der Waals surface area contributed by atoms with Crippen LogP contribution in [0.1, 0.15) is 24.0 Å². The van der Waals surface area contributed by atoms with Crippen LogP contribution in [0.3, 0.4) is 0 Å². The Kier molecular flexibility index (Phi) is 3.43. The molecule has 1 atom stereocenters. The van der Waals surface area contributed by atoms with E-state index < -0.39 is 0 Å². The van der Waals surface area contributed by atoms with Gasteiger partial charge in [-0.15, -0.1) is 0 Å². The molecule has 0 saturated heterocycles. The molecule has 0 saturated carbocycles. The van der Waals surface area contributed by atoms with Crippen molar-refractivity contribution >= 4 is 22.5 Å². The molecule has 0 amide bonds. The summed E-state index contributed by atoms with van der Waals surface area (Å²) in [5.41, 5.74) is 2.95. The number of aryl methyl sites for hydroxylation is 1. The van der Waals surface area contributed by atoms with Gasteiger partial charge in [-0.1, -0.05) is 0 Å². The molecule has 0 aliphatic heterocycles. The molecule has 1 aromatic rings. The molecule has 0 N–H and O–H groups in total. The van der Waals surface area contributed by atoms with Crippen LogP contribution in [0.5, 0.6) is 0 Å². The fourth-order valence-corrected chi connectivity index (χ4v) is 1.88. The molecule has 1 aromatic carbocycles. The molecule has 57 valence electrons. The van der Waals surface area contributed by atoms with Crippen molar-refractivity contribution in [1.29, 1.82) is 0 Å². The minimum atomic E-state index is 0.745. The Morgan fingerprint density at radius 2 is 2.00 bits per heavy atom. The average Bonchev–Trinajstić information content (AvgIpc) is 2.04. The molecular formula is C10H13Sn. The van der Waals surface area contributed by atoms with E-state index in [0.29, 0.717) is 0 Å². The van der Waals surface area contributed by atoms with Crippen molar-refractivity contribution in [2.45, 2.75) is 24.2 Å². The summed E-state index contributed by atoms with van der Waals surface area (Å²) < 4.78 is 1.32. The zero-order chi connectivity index (χ0) is 8.27. The van der Waals surface area contributed by atoms with Gasteiger partial charge in [0.2, 0.25) is 0 Å². The van der Waals surface area contributed by atoms with Crippen LogP contribution in [0.2, 0.25) is 4.44 Å². The summed E-state index contributed by atoms with van der Waals surface area (Å²) in [6, 6.07) is 8.67. The molecule has 0 spiro atoms. The van der Waals surface area contributed by atoms with Crippen LogP contribution in [-0.4, -0.2) is 22.5 Å². The molecule has 0 aromatic heterocycles. The maximum atomic E-state index is 2.30. The van der Waals surface area contributed by atoms with E-state index in [-0.39, 0.29) is 0 Å². The molecule has 1 heteroatoms. The van der Waals surface area contributed by atoms with Crippen molar-refractivity contribution in [2.75, 3.05) is 0 Å². The quantitative estimate of drug-likeness (QED) is 0.710. The van der Waals surface area contributed by atoms with Gasteiger partial charge in [0.25, 0.3) is 0 Å². The van der Waals surface area contributed by atoms with Gasteiger partial charge in [-0.25, -0.2) is 0 Å². The fourth-order valence-electron chi connectivity index (χ4n) is 1.25. The van der Waals surface area contributed by atoms with E-state index in [1.54, 1.807) is 22.5 Å². The van der Waals surface area contributed by atoms with Gasteiger partial charge in [-0.3, -0.25) is 0 Å². The predicted octanol–water partition coefficient (Wildman–Crippen LogP) is 2.69. The molecular weight excluding hydrogens is 239 g/mol. The number of hydrogen-bond acceptors (Lipinski definition) is 0. The first-order valence-electron chi connectivity index (χ1n) is 3.96. The molecule has 0 nitrogen and oxygen atoms in total. The zero-order valence-electron chi connectivity index (χ0n) is 7.09. The Bertz CT molecular complexity index is 230. The number of rotatable bonds is 2. The van der Waals surface area contributed by atoms with Crippen LogP contribution in [0.4, 0.5) is 0 Å². The molecule has 0 aliphatic rings. The summed E-state index contributed by atoms with van der Waals surface area (Å²) in [6.45, 7) is 4.49. The molecule has 11 heavy (non-hydrogen) atoms. The Hall–Kier alpha value is 0.0187. The molecule has 1 unspecified atom stereocenters. The van der Waals surface area contributed by atoms with Gasteiger partial charge in [0.15, 0.2) is 0 Å². The summed E-state index contributed by atoms with van der Waals surface area (Å²) in [7, 11) is 0. The van der Waals surface area contributed by atoms with Crippen molar-refractivity contribution < 1.29 is 0 Å². The second-order valence-corrected chi connectivity index (χ2v) is 4.13. The van der Waals surface area contributed by atoms with E-state index >= 15 is 0 Å². The standard InChI is InChI=1S/C10H13.Sn/c1-8(2)10-7-5-4-6-9(10)3;/h4-8H,1H2,2-3H3;. The van der Waals surface area contributed by atoms with Gasteiger partial charge in [-0.05, 0) is 0 Å². The van der Waals surface area contributed by atoms with Gasteiger partial charge in [0, 0.05) is 0 Å². The van der Waals surface area contributed by atoms with Crippen molar-refractivity contribution in [2.24, 2.45) is 0 Å². The second kappa shape index (κ2) is 4.15. The molecule has 0 aliphatic carbocycles. The van der Waals surface area contributed by atoms with Crippen molar-refractivity contribution in [1.82, 2.24) is 0 Å². The van der Waals surface area contributed by atoms with E-state index in [1.165, 1.54) is 15.6 Å². The molecule has 0 heterocycles.